The Kier molecular flexibility index (Phi) is 3.69. The van der Waals surface area contributed by atoms with Gasteiger partial charge in [-0.2, -0.15) is 0 Å². The molecule has 1 unspecified atom stereocenters. The lowest BCUT2D eigenvalue weighted by molar-refractivity contribution is 0.102. The molecule has 0 aliphatic carbocycles. The smallest absolute Gasteiger partial charge is 0.257 e. The van der Waals surface area contributed by atoms with Gasteiger partial charge < -0.3 is 5.73 Å². The molecule has 0 bridgehead atoms. The first-order valence-electron chi connectivity index (χ1n) is 5.34. The van der Waals surface area contributed by atoms with Gasteiger partial charge >= 0.3 is 0 Å². The maximum atomic E-state index is 12.7. The summed E-state index contributed by atoms with van der Waals surface area (Å²) in [6, 6.07) is 5.15. The van der Waals surface area contributed by atoms with Crippen molar-refractivity contribution in [1.82, 2.24) is 4.98 Å². The predicted octanol–water partition coefficient (Wildman–Crippen LogP) is 2.55. The second-order valence-corrected chi connectivity index (χ2v) is 4.69. The monoisotopic (exact) mass is 265 g/mol. The van der Waals surface area contributed by atoms with Crippen molar-refractivity contribution in [3.8, 4) is 0 Å². The molecule has 0 fully saturated rings. The molecule has 0 saturated carbocycles. The lowest BCUT2D eigenvalue weighted by atomic mass is 10.2. The van der Waals surface area contributed by atoms with E-state index in [1.54, 1.807) is 5.38 Å². The van der Waals surface area contributed by atoms with Crippen LogP contribution in [0.2, 0.25) is 0 Å². The van der Waals surface area contributed by atoms with Gasteiger partial charge in [0.15, 0.2) is 5.13 Å². The maximum Gasteiger partial charge on any atom is 0.257 e. The van der Waals surface area contributed by atoms with Crippen molar-refractivity contribution < 1.29 is 9.18 Å². The van der Waals surface area contributed by atoms with E-state index >= 15 is 0 Å². The first kappa shape index (κ1) is 12.7. The Balaban J connectivity index is 2.08. The minimum atomic E-state index is -0.375. The average molecular weight is 265 g/mol. The maximum absolute atomic E-state index is 12.7. The number of nitrogens with zero attached hydrogens (tertiary/aromatic N) is 1. The summed E-state index contributed by atoms with van der Waals surface area (Å²) in [4.78, 5) is 16.0. The number of hydrogen-bond acceptors (Lipinski definition) is 4. The zero-order valence-electron chi connectivity index (χ0n) is 9.68. The molecule has 4 nitrogen and oxygen atoms in total. The van der Waals surface area contributed by atoms with Crippen LogP contribution in [0.15, 0.2) is 29.6 Å². The van der Waals surface area contributed by atoms with Crippen LogP contribution >= 0.6 is 11.3 Å². The third-order valence-electron chi connectivity index (χ3n) is 2.32. The molecule has 0 spiro atoms. The van der Waals surface area contributed by atoms with E-state index in [4.69, 9.17) is 5.73 Å². The third-order valence-corrected chi connectivity index (χ3v) is 3.09. The number of nitrogens with one attached hydrogen (secondary N) is 1. The number of rotatable bonds is 3. The van der Waals surface area contributed by atoms with Crippen LogP contribution in [0.4, 0.5) is 9.52 Å². The molecule has 1 aromatic heterocycles. The second-order valence-electron chi connectivity index (χ2n) is 3.83. The molecule has 2 rings (SSSR count). The van der Waals surface area contributed by atoms with Crippen LogP contribution in [0.25, 0.3) is 0 Å². The summed E-state index contributed by atoms with van der Waals surface area (Å²) in [7, 11) is 0. The van der Waals surface area contributed by atoms with Crippen LogP contribution in [0, 0.1) is 5.82 Å². The predicted molar refractivity (Wildman–Crippen MR) is 69.1 cm³/mol. The molecule has 94 valence electrons. The highest BCUT2D eigenvalue weighted by atomic mass is 32.1. The summed E-state index contributed by atoms with van der Waals surface area (Å²) < 4.78 is 12.7. The molecule has 3 N–H and O–H groups in total. The number of amides is 1. The minimum Gasteiger partial charge on any atom is -0.323 e. The van der Waals surface area contributed by atoms with E-state index in [2.05, 4.69) is 10.3 Å². The first-order chi connectivity index (χ1) is 8.56. The standard InChI is InChI=1S/C12H12FN3OS/c1-7(14)10-6-18-12(15-10)16-11(17)8-2-4-9(13)5-3-8/h2-7H,14H2,1H3,(H,15,16,17). The average Bonchev–Trinajstić information content (AvgIpc) is 2.78. The van der Waals surface area contributed by atoms with Crippen LogP contribution in [0.5, 0.6) is 0 Å². The molecule has 2 aromatic rings. The molecule has 0 radical (unpaired) electrons. The van der Waals surface area contributed by atoms with E-state index in [0.717, 1.165) is 5.69 Å². The number of benzene rings is 1. The molecule has 1 amide bonds. The highest BCUT2D eigenvalue weighted by molar-refractivity contribution is 7.14. The van der Waals surface area contributed by atoms with Crippen molar-refractivity contribution in [3.63, 3.8) is 0 Å². The van der Waals surface area contributed by atoms with E-state index in [-0.39, 0.29) is 17.8 Å². The van der Waals surface area contributed by atoms with E-state index in [1.807, 2.05) is 6.92 Å². The number of nitrogens with two attached hydrogens (primary N) is 1. The number of anilines is 1. The van der Waals surface area contributed by atoms with Gasteiger partial charge in [0.25, 0.3) is 5.91 Å². The van der Waals surface area contributed by atoms with Crippen molar-refractivity contribution in [2.75, 3.05) is 5.32 Å². The van der Waals surface area contributed by atoms with Crippen molar-refractivity contribution >= 4 is 22.4 Å². The summed E-state index contributed by atoms with van der Waals surface area (Å²) >= 11 is 1.31. The summed E-state index contributed by atoms with van der Waals surface area (Å²) in [5.41, 5.74) is 6.79. The minimum absolute atomic E-state index is 0.169. The topological polar surface area (TPSA) is 68.0 Å². The Bertz CT molecular complexity index is 551. The number of halogens is 1. The molecule has 1 heterocycles. The molecular weight excluding hydrogens is 253 g/mol. The zero-order chi connectivity index (χ0) is 13.1. The fraction of sp³-hybridized carbons (Fsp3) is 0.167. The summed E-state index contributed by atoms with van der Waals surface area (Å²) in [5, 5.41) is 4.92. The van der Waals surface area contributed by atoms with Crippen LogP contribution in [-0.2, 0) is 0 Å². The third kappa shape index (κ3) is 2.91. The van der Waals surface area contributed by atoms with E-state index < -0.39 is 0 Å². The lowest BCUT2D eigenvalue weighted by Crippen LogP contribution is -2.12. The Morgan fingerprint density at radius 1 is 1.44 bits per heavy atom. The molecule has 0 saturated heterocycles. The number of hydrogen-bond donors (Lipinski definition) is 2. The van der Waals surface area contributed by atoms with E-state index in [0.29, 0.717) is 10.7 Å². The van der Waals surface area contributed by atoms with Crippen LogP contribution in [-0.4, -0.2) is 10.9 Å². The normalized spacial score (nSPS) is 12.2. The lowest BCUT2D eigenvalue weighted by Gasteiger charge is -2.02. The summed E-state index contributed by atoms with van der Waals surface area (Å²) in [5.74, 6) is -0.694. The molecule has 0 aliphatic heterocycles. The van der Waals surface area contributed by atoms with Gasteiger partial charge in [-0.1, -0.05) is 0 Å². The number of aromatic nitrogens is 1. The van der Waals surface area contributed by atoms with Gasteiger partial charge in [-0.3, -0.25) is 10.1 Å². The Morgan fingerprint density at radius 3 is 2.67 bits per heavy atom. The van der Waals surface area contributed by atoms with Gasteiger partial charge in [-0.15, -0.1) is 11.3 Å². The van der Waals surface area contributed by atoms with Crippen LogP contribution in [0.3, 0.4) is 0 Å². The van der Waals surface area contributed by atoms with Gasteiger partial charge in [-0.05, 0) is 31.2 Å². The number of thiazole rings is 1. The van der Waals surface area contributed by atoms with Crippen LogP contribution < -0.4 is 11.1 Å². The van der Waals surface area contributed by atoms with E-state index in [9.17, 15) is 9.18 Å². The Morgan fingerprint density at radius 2 is 2.11 bits per heavy atom. The fourth-order valence-corrected chi connectivity index (χ4v) is 2.13. The molecular formula is C12H12FN3OS. The van der Waals surface area contributed by atoms with Gasteiger partial charge in [0, 0.05) is 17.0 Å². The van der Waals surface area contributed by atoms with Crippen molar-refractivity contribution in [1.29, 1.82) is 0 Å². The van der Waals surface area contributed by atoms with Gasteiger partial charge in [0.1, 0.15) is 5.82 Å². The molecule has 6 heteroatoms. The van der Waals surface area contributed by atoms with Crippen molar-refractivity contribution in [3.05, 3.63) is 46.7 Å². The van der Waals surface area contributed by atoms with Crippen molar-refractivity contribution in [2.45, 2.75) is 13.0 Å². The van der Waals surface area contributed by atoms with Gasteiger partial charge in [-0.25, -0.2) is 9.37 Å². The summed E-state index contributed by atoms with van der Waals surface area (Å²) in [6.07, 6.45) is 0. The van der Waals surface area contributed by atoms with Gasteiger partial charge in [0.05, 0.1) is 5.69 Å². The molecule has 1 aromatic carbocycles. The Hall–Kier alpha value is -1.79. The quantitative estimate of drug-likeness (QED) is 0.896. The molecule has 1 atom stereocenters. The second kappa shape index (κ2) is 5.24. The van der Waals surface area contributed by atoms with Crippen LogP contribution in [0.1, 0.15) is 29.0 Å². The highest BCUT2D eigenvalue weighted by Gasteiger charge is 2.10. The zero-order valence-corrected chi connectivity index (χ0v) is 10.5. The SMILES string of the molecule is CC(N)c1csc(NC(=O)c2ccc(F)cc2)n1. The number of carbonyl (C=O) groups is 1. The highest BCUT2D eigenvalue weighted by Crippen LogP contribution is 2.19. The van der Waals surface area contributed by atoms with E-state index in [1.165, 1.54) is 35.6 Å². The fourth-order valence-electron chi connectivity index (χ4n) is 1.32. The molecule has 0 aliphatic rings. The van der Waals surface area contributed by atoms with Crippen molar-refractivity contribution in [2.24, 2.45) is 5.73 Å². The largest absolute Gasteiger partial charge is 0.323 e. The number of carbonyl (C=O) groups excluding carboxylic acids is 1. The van der Waals surface area contributed by atoms with Gasteiger partial charge in [0.2, 0.25) is 0 Å². The summed E-state index contributed by atoms with van der Waals surface area (Å²) in [6.45, 7) is 1.82. The molecule has 18 heavy (non-hydrogen) atoms. The first-order valence-corrected chi connectivity index (χ1v) is 6.22. The Labute approximate surface area is 108 Å².